The van der Waals surface area contributed by atoms with Gasteiger partial charge in [0.1, 0.15) is 0 Å². The molecular weight excluding hydrogens is 376 g/mol. The Morgan fingerprint density at radius 2 is 1.68 bits per heavy atom. The Balaban J connectivity index is 1.69. The topological polar surface area (TPSA) is 83.6 Å². The third-order valence-electron chi connectivity index (χ3n) is 4.97. The Kier molecular flexibility index (Phi) is 5.96. The molecule has 2 aromatic rings. The summed E-state index contributed by atoms with van der Waals surface area (Å²) in [5, 5.41) is 2.83. The number of anilines is 1. The standard InChI is InChI=1S/C21H24N2O4S/c1-15-5-11-20(12-6-15)28(26,27)23-13-3-4-18(14-23)21(25)22-19-9-7-17(8-10-19)16(2)24/h5-12,18H,3-4,13-14H2,1-2H3,(H,22,25)/t18-/m0/s1. The Morgan fingerprint density at radius 1 is 1.04 bits per heavy atom. The van der Waals surface area contributed by atoms with Crippen molar-refractivity contribution in [1.82, 2.24) is 4.31 Å². The molecule has 3 rings (SSSR count). The molecule has 1 fully saturated rings. The third kappa shape index (κ3) is 4.48. The van der Waals surface area contributed by atoms with Crippen LogP contribution in [0, 0.1) is 12.8 Å². The minimum absolute atomic E-state index is 0.0397. The molecule has 0 unspecified atom stereocenters. The van der Waals surface area contributed by atoms with Crippen molar-refractivity contribution in [3.8, 4) is 0 Å². The van der Waals surface area contributed by atoms with Gasteiger partial charge in [0.25, 0.3) is 0 Å². The number of benzene rings is 2. The van der Waals surface area contributed by atoms with Gasteiger partial charge in [-0.25, -0.2) is 8.42 Å². The fraction of sp³-hybridized carbons (Fsp3) is 0.333. The van der Waals surface area contributed by atoms with Crippen LogP contribution < -0.4 is 5.32 Å². The molecule has 2 aromatic carbocycles. The number of hydrogen-bond donors (Lipinski definition) is 1. The SMILES string of the molecule is CC(=O)c1ccc(NC(=O)[C@H]2CCCN(S(=O)(=O)c3ccc(C)cc3)C2)cc1. The minimum Gasteiger partial charge on any atom is -0.326 e. The number of Topliss-reactive ketones (excluding diaryl/α,β-unsaturated/α-hetero) is 1. The zero-order chi connectivity index (χ0) is 20.3. The number of ketones is 1. The van der Waals surface area contributed by atoms with Crippen molar-refractivity contribution in [1.29, 1.82) is 0 Å². The molecular formula is C21H24N2O4S. The Morgan fingerprint density at radius 3 is 2.29 bits per heavy atom. The number of rotatable bonds is 5. The van der Waals surface area contributed by atoms with Gasteiger partial charge in [0.15, 0.2) is 5.78 Å². The average Bonchev–Trinajstić information content (AvgIpc) is 2.69. The second kappa shape index (κ2) is 8.24. The van der Waals surface area contributed by atoms with Gasteiger partial charge >= 0.3 is 0 Å². The highest BCUT2D eigenvalue weighted by Gasteiger charge is 2.33. The lowest BCUT2D eigenvalue weighted by Crippen LogP contribution is -2.43. The first-order chi connectivity index (χ1) is 13.3. The first-order valence-electron chi connectivity index (χ1n) is 9.26. The number of aryl methyl sites for hydroxylation is 1. The lowest BCUT2D eigenvalue weighted by atomic mass is 9.98. The highest BCUT2D eigenvalue weighted by molar-refractivity contribution is 7.89. The van der Waals surface area contributed by atoms with Crippen LogP contribution >= 0.6 is 0 Å². The quantitative estimate of drug-likeness (QED) is 0.781. The van der Waals surface area contributed by atoms with Crippen molar-refractivity contribution in [3.63, 3.8) is 0 Å². The van der Waals surface area contributed by atoms with Crippen LogP contribution in [0.4, 0.5) is 5.69 Å². The molecule has 28 heavy (non-hydrogen) atoms. The minimum atomic E-state index is -3.62. The van der Waals surface area contributed by atoms with E-state index in [9.17, 15) is 18.0 Å². The van der Waals surface area contributed by atoms with Gasteiger partial charge in [0, 0.05) is 24.3 Å². The summed E-state index contributed by atoms with van der Waals surface area (Å²) >= 11 is 0. The summed E-state index contributed by atoms with van der Waals surface area (Å²) in [7, 11) is -3.62. The summed E-state index contributed by atoms with van der Waals surface area (Å²) in [4.78, 5) is 24.2. The molecule has 0 aromatic heterocycles. The van der Waals surface area contributed by atoms with Crippen molar-refractivity contribution in [2.45, 2.75) is 31.6 Å². The van der Waals surface area contributed by atoms with E-state index < -0.39 is 15.9 Å². The summed E-state index contributed by atoms with van der Waals surface area (Å²) < 4.78 is 27.2. The molecule has 1 aliphatic heterocycles. The summed E-state index contributed by atoms with van der Waals surface area (Å²) in [6.45, 7) is 3.96. The maximum Gasteiger partial charge on any atom is 0.243 e. The van der Waals surface area contributed by atoms with E-state index in [4.69, 9.17) is 0 Å². The average molecular weight is 401 g/mol. The molecule has 7 heteroatoms. The van der Waals surface area contributed by atoms with Crippen molar-refractivity contribution >= 4 is 27.4 Å². The summed E-state index contributed by atoms with van der Waals surface area (Å²) in [6.07, 6.45) is 1.27. The molecule has 0 bridgehead atoms. The number of piperidine rings is 1. The predicted octanol–water partition coefficient (Wildman–Crippen LogP) is 3.24. The van der Waals surface area contributed by atoms with Crippen LogP contribution in [-0.2, 0) is 14.8 Å². The van der Waals surface area contributed by atoms with Crippen LogP contribution in [0.3, 0.4) is 0 Å². The lowest BCUT2D eigenvalue weighted by Gasteiger charge is -2.31. The molecule has 1 heterocycles. The predicted molar refractivity (Wildman–Crippen MR) is 108 cm³/mol. The second-order valence-electron chi connectivity index (χ2n) is 7.14. The van der Waals surface area contributed by atoms with Gasteiger partial charge in [-0.15, -0.1) is 0 Å². The van der Waals surface area contributed by atoms with Crippen LogP contribution in [0.2, 0.25) is 0 Å². The third-order valence-corrected chi connectivity index (χ3v) is 6.85. The van der Waals surface area contributed by atoms with Crippen molar-refractivity contribution in [3.05, 3.63) is 59.7 Å². The van der Waals surface area contributed by atoms with E-state index >= 15 is 0 Å². The van der Waals surface area contributed by atoms with Gasteiger partial charge in [-0.1, -0.05) is 17.7 Å². The number of carbonyl (C=O) groups excluding carboxylic acids is 2. The molecule has 1 atom stereocenters. The van der Waals surface area contributed by atoms with Gasteiger partial charge in [0.2, 0.25) is 15.9 Å². The first kappa shape index (κ1) is 20.2. The molecule has 0 radical (unpaired) electrons. The van der Waals surface area contributed by atoms with E-state index in [1.165, 1.54) is 11.2 Å². The van der Waals surface area contributed by atoms with Gasteiger partial charge in [-0.2, -0.15) is 4.31 Å². The Bertz CT molecular complexity index is 966. The number of nitrogens with zero attached hydrogens (tertiary/aromatic N) is 1. The monoisotopic (exact) mass is 400 g/mol. The van der Waals surface area contributed by atoms with Crippen molar-refractivity contribution < 1.29 is 18.0 Å². The summed E-state index contributed by atoms with van der Waals surface area (Å²) in [5.41, 5.74) is 2.16. The Labute approximate surface area is 165 Å². The van der Waals surface area contributed by atoms with E-state index in [1.54, 1.807) is 48.5 Å². The highest BCUT2D eigenvalue weighted by atomic mass is 32.2. The smallest absolute Gasteiger partial charge is 0.243 e. The van der Waals surface area contributed by atoms with Crippen LogP contribution in [0.1, 0.15) is 35.7 Å². The fourth-order valence-corrected chi connectivity index (χ4v) is 4.79. The molecule has 0 saturated carbocycles. The maximum absolute atomic E-state index is 12.9. The summed E-state index contributed by atoms with van der Waals surface area (Å²) in [6, 6.07) is 13.4. The van der Waals surface area contributed by atoms with Crippen molar-refractivity contribution in [2.75, 3.05) is 18.4 Å². The molecule has 1 amide bonds. The second-order valence-corrected chi connectivity index (χ2v) is 9.08. The van der Waals surface area contributed by atoms with Gasteiger partial charge < -0.3 is 5.32 Å². The number of amides is 1. The fourth-order valence-electron chi connectivity index (χ4n) is 3.27. The van der Waals surface area contributed by atoms with Crippen LogP contribution in [0.5, 0.6) is 0 Å². The number of nitrogens with one attached hydrogen (secondary N) is 1. The Hall–Kier alpha value is -2.51. The van der Waals surface area contributed by atoms with E-state index in [-0.39, 0.29) is 23.1 Å². The largest absolute Gasteiger partial charge is 0.326 e. The van der Waals surface area contributed by atoms with Gasteiger partial charge in [0.05, 0.1) is 10.8 Å². The highest BCUT2D eigenvalue weighted by Crippen LogP contribution is 2.25. The molecule has 0 aliphatic carbocycles. The molecule has 6 nitrogen and oxygen atoms in total. The van der Waals surface area contributed by atoms with Crippen LogP contribution in [-0.4, -0.2) is 37.5 Å². The number of carbonyl (C=O) groups is 2. The van der Waals surface area contributed by atoms with E-state index in [1.807, 2.05) is 6.92 Å². The van der Waals surface area contributed by atoms with Crippen LogP contribution in [0.15, 0.2) is 53.4 Å². The maximum atomic E-state index is 12.9. The van der Waals surface area contributed by atoms with E-state index in [0.29, 0.717) is 30.6 Å². The normalized spacial score (nSPS) is 17.9. The molecule has 1 saturated heterocycles. The number of sulfonamides is 1. The molecule has 148 valence electrons. The molecule has 1 N–H and O–H groups in total. The summed E-state index contributed by atoms with van der Waals surface area (Å²) in [5.74, 6) is -0.664. The zero-order valence-corrected chi connectivity index (χ0v) is 16.8. The van der Waals surface area contributed by atoms with Gasteiger partial charge in [-0.05, 0) is 63.1 Å². The lowest BCUT2D eigenvalue weighted by molar-refractivity contribution is -0.120. The van der Waals surface area contributed by atoms with Crippen LogP contribution in [0.25, 0.3) is 0 Å². The van der Waals surface area contributed by atoms with E-state index in [2.05, 4.69) is 5.32 Å². The van der Waals surface area contributed by atoms with E-state index in [0.717, 1.165) is 5.56 Å². The van der Waals surface area contributed by atoms with Gasteiger partial charge in [-0.3, -0.25) is 9.59 Å². The zero-order valence-electron chi connectivity index (χ0n) is 16.0. The number of hydrogen-bond acceptors (Lipinski definition) is 4. The van der Waals surface area contributed by atoms with Crippen molar-refractivity contribution in [2.24, 2.45) is 5.92 Å². The molecule has 0 spiro atoms. The molecule has 1 aliphatic rings. The first-order valence-corrected chi connectivity index (χ1v) is 10.7.